The molecular formula is C14H24BrNO. The van der Waals surface area contributed by atoms with Crippen molar-refractivity contribution >= 4 is 15.9 Å². The zero-order valence-electron chi connectivity index (χ0n) is 10.7. The van der Waals surface area contributed by atoms with Crippen molar-refractivity contribution in [1.82, 2.24) is 4.90 Å². The Bertz CT molecular complexity index is 265. The third-order valence-electron chi connectivity index (χ3n) is 4.76. The van der Waals surface area contributed by atoms with Gasteiger partial charge >= 0.3 is 0 Å². The van der Waals surface area contributed by atoms with Crippen molar-refractivity contribution in [3.8, 4) is 0 Å². The van der Waals surface area contributed by atoms with Crippen LogP contribution in [0.1, 0.15) is 51.4 Å². The average Bonchev–Trinajstić information content (AvgIpc) is 2.90. The molecule has 2 saturated heterocycles. The van der Waals surface area contributed by atoms with Crippen LogP contribution in [0, 0.1) is 0 Å². The van der Waals surface area contributed by atoms with Gasteiger partial charge in [0.05, 0.1) is 11.7 Å². The highest BCUT2D eigenvalue weighted by molar-refractivity contribution is 9.09. The molecule has 1 saturated carbocycles. The molecule has 17 heavy (non-hydrogen) atoms. The van der Waals surface area contributed by atoms with Gasteiger partial charge in [0.15, 0.2) is 0 Å². The fraction of sp³-hybridized carbons (Fsp3) is 1.00. The summed E-state index contributed by atoms with van der Waals surface area (Å²) in [5, 5.41) is 0. The lowest BCUT2D eigenvalue weighted by Crippen LogP contribution is -2.41. The first kappa shape index (κ1) is 12.4. The van der Waals surface area contributed by atoms with E-state index in [1.807, 2.05) is 0 Å². The van der Waals surface area contributed by atoms with Crippen LogP contribution in [0.15, 0.2) is 0 Å². The lowest BCUT2D eigenvalue weighted by atomic mass is 9.98. The molecule has 0 N–H and O–H groups in total. The van der Waals surface area contributed by atoms with E-state index in [1.165, 1.54) is 71.0 Å². The molecule has 3 rings (SSSR count). The maximum absolute atomic E-state index is 6.39. The zero-order chi connectivity index (χ0) is 11.7. The van der Waals surface area contributed by atoms with Crippen LogP contribution in [-0.2, 0) is 4.74 Å². The van der Waals surface area contributed by atoms with Crippen molar-refractivity contribution in [2.45, 2.75) is 67.9 Å². The zero-order valence-corrected chi connectivity index (χ0v) is 12.3. The summed E-state index contributed by atoms with van der Waals surface area (Å²) in [4.78, 5) is 3.31. The highest BCUT2D eigenvalue weighted by Gasteiger charge is 2.42. The van der Waals surface area contributed by atoms with Crippen molar-refractivity contribution in [3.05, 3.63) is 0 Å². The predicted molar refractivity (Wildman–Crippen MR) is 73.7 cm³/mol. The molecule has 0 aromatic carbocycles. The summed E-state index contributed by atoms with van der Waals surface area (Å²) in [6.07, 6.45) is 11.2. The van der Waals surface area contributed by atoms with Crippen molar-refractivity contribution in [2.24, 2.45) is 0 Å². The van der Waals surface area contributed by atoms with Gasteiger partial charge in [0, 0.05) is 17.9 Å². The summed E-state index contributed by atoms with van der Waals surface area (Å²) in [7, 11) is 0. The third-order valence-corrected chi connectivity index (χ3v) is 5.51. The largest absolute Gasteiger partial charge is 0.370 e. The number of alkyl halides is 1. The van der Waals surface area contributed by atoms with E-state index in [-0.39, 0.29) is 0 Å². The van der Waals surface area contributed by atoms with Gasteiger partial charge in [0.1, 0.15) is 0 Å². The Kier molecular flexibility index (Phi) is 3.79. The Hall–Kier alpha value is 0.400. The average molecular weight is 302 g/mol. The van der Waals surface area contributed by atoms with E-state index in [0.29, 0.717) is 16.5 Å². The molecular weight excluding hydrogens is 278 g/mol. The maximum atomic E-state index is 6.39. The van der Waals surface area contributed by atoms with E-state index >= 15 is 0 Å². The molecule has 0 radical (unpaired) electrons. The first-order valence-electron chi connectivity index (χ1n) is 7.30. The Morgan fingerprint density at radius 1 is 1.12 bits per heavy atom. The molecule has 3 aliphatic rings. The first-order chi connectivity index (χ1) is 8.26. The minimum absolute atomic E-state index is 0.314. The van der Waals surface area contributed by atoms with Crippen LogP contribution in [0.2, 0.25) is 0 Å². The van der Waals surface area contributed by atoms with Gasteiger partial charge in [-0.3, -0.25) is 4.90 Å². The van der Waals surface area contributed by atoms with E-state index in [4.69, 9.17) is 4.74 Å². The van der Waals surface area contributed by atoms with E-state index in [0.717, 1.165) is 0 Å². The van der Waals surface area contributed by atoms with E-state index in [2.05, 4.69) is 20.8 Å². The van der Waals surface area contributed by atoms with Gasteiger partial charge in [0.2, 0.25) is 0 Å². The molecule has 2 unspecified atom stereocenters. The van der Waals surface area contributed by atoms with Gasteiger partial charge in [-0.15, -0.1) is 0 Å². The van der Waals surface area contributed by atoms with Crippen LogP contribution < -0.4 is 0 Å². The van der Waals surface area contributed by atoms with Crippen LogP contribution in [0.4, 0.5) is 0 Å². The molecule has 0 aromatic rings. The summed E-state index contributed by atoms with van der Waals surface area (Å²) < 4.78 is 6.39. The van der Waals surface area contributed by atoms with Crippen LogP contribution >= 0.6 is 15.9 Å². The summed E-state index contributed by atoms with van der Waals surface area (Å²) in [5.41, 5.74) is 0.314. The van der Waals surface area contributed by atoms with E-state index in [1.54, 1.807) is 0 Å². The van der Waals surface area contributed by atoms with E-state index in [9.17, 15) is 0 Å². The number of nitrogens with zero attached hydrogens (tertiary/aromatic N) is 1. The smallest absolute Gasteiger partial charge is 0.0710 e. The van der Waals surface area contributed by atoms with Crippen LogP contribution in [0.3, 0.4) is 0 Å². The van der Waals surface area contributed by atoms with Crippen molar-refractivity contribution in [1.29, 1.82) is 0 Å². The standard InChI is InChI=1S/C14H24BrNO/c15-12-4-3-9-16(10-12)11-13-5-8-14(17-13)6-1-2-7-14/h12-13H,1-11H2. The molecule has 2 heterocycles. The number of hydrogen-bond acceptors (Lipinski definition) is 2. The third kappa shape index (κ3) is 2.87. The number of hydrogen-bond donors (Lipinski definition) is 0. The number of halogens is 1. The number of piperidine rings is 1. The van der Waals surface area contributed by atoms with Crippen LogP contribution in [-0.4, -0.2) is 41.1 Å². The van der Waals surface area contributed by atoms with Crippen molar-refractivity contribution < 1.29 is 4.74 Å². The van der Waals surface area contributed by atoms with Gasteiger partial charge in [0.25, 0.3) is 0 Å². The minimum Gasteiger partial charge on any atom is -0.370 e. The molecule has 1 spiro atoms. The molecule has 0 aromatic heterocycles. The lowest BCUT2D eigenvalue weighted by molar-refractivity contribution is -0.0483. The first-order valence-corrected chi connectivity index (χ1v) is 8.22. The summed E-state index contributed by atoms with van der Waals surface area (Å²) >= 11 is 3.76. The highest BCUT2D eigenvalue weighted by atomic mass is 79.9. The molecule has 2 aliphatic heterocycles. The molecule has 2 nitrogen and oxygen atoms in total. The Balaban J connectivity index is 1.50. The Morgan fingerprint density at radius 2 is 1.94 bits per heavy atom. The number of likely N-dealkylation sites (tertiary alicyclic amines) is 1. The number of rotatable bonds is 2. The maximum Gasteiger partial charge on any atom is 0.0710 e. The number of ether oxygens (including phenoxy) is 1. The normalized spacial score (nSPS) is 37.9. The van der Waals surface area contributed by atoms with Crippen LogP contribution in [0.5, 0.6) is 0 Å². The fourth-order valence-corrected chi connectivity index (χ4v) is 4.60. The van der Waals surface area contributed by atoms with Gasteiger partial charge in [-0.25, -0.2) is 0 Å². The van der Waals surface area contributed by atoms with Crippen molar-refractivity contribution in [2.75, 3.05) is 19.6 Å². The summed E-state index contributed by atoms with van der Waals surface area (Å²) in [6.45, 7) is 3.66. The predicted octanol–water partition coefficient (Wildman–Crippen LogP) is 3.34. The van der Waals surface area contributed by atoms with Gasteiger partial charge < -0.3 is 4.74 Å². The highest BCUT2D eigenvalue weighted by Crippen LogP contribution is 2.43. The minimum atomic E-state index is 0.314. The van der Waals surface area contributed by atoms with Crippen molar-refractivity contribution in [3.63, 3.8) is 0 Å². The second-order valence-corrected chi connectivity index (χ2v) is 7.46. The van der Waals surface area contributed by atoms with E-state index < -0.39 is 0 Å². The Morgan fingerprint density at radius 3 is 2.71 bits per heavy atom. The second-order valence-electron chi connectivity index (χ2n) is 6.17. The lowest BCUT2D eigenvalue weighted by Gasteiger charge is -2.32. The topological polar surface area (TPSA) is 12.5 Å². The quantitative estimate of drug-likeness (QED) is 0.725. The van der Waals surface area contributed by atoms with Gasteiger partial charge in [-0.1, -0.05) is 28.8 Å². The van der Waals surface area contributed by atoms with Crippen LogP contribution in [0.25, 0.3) is 0 Å². The Labute approximate surface area is 113 Å². The molecule has 0 bridgehead atoms. The monoisotopic (exact) mass is 301 g/mol. The molecule has 98 valence electrons. The SMILES string of the molecule is BrC1CCCN(CC2CCC3(CCCC3)O2)C1. The fourth-order valence-electron chi connectivity index (χ4n) is 3.86. The molecule has 2 atom stereocenters. The summed E-state index contributed by atoms with van der Waals surface area (Å²) in [6, 6.07) is 0. The molecule has 1 aliphatic carbocycles. The molecule has 3 heteroatoms. The second kappa shape index (κ2) is 5.18. The summed E-state index contributed by atoms with van der Waals surface area (Å²) in [5.74, 6) is 0. The molecule has 3 fully saturated rings. The van der Waals surface area contributed by atoms with Gasteiger partial charge in [-0.2, -0.15) is 0 Å². The van der Waals surface area contributed by atoms with Gasteiger partial charge in [-0.05, 0) is 45.1 Å². The molecule has 0 amide bonds.